The molecule has 0 aliphatic carbocycles. The third-order valence-corrected chi connectivity index (χ3v) is 5.21. The van der Waals surface area contributed by atoms with Gasteiger partial charge in [0.2, 0.25) is 0 Å². The molecule has 0 N–H and O–H groups in total. The molecule has 2 fully saturated rings. The van der Waals surface area contributed by atoms with Gasteiger partial charge >= 0.3 is 0 Å². The van der Waals surface area contributed by atoms with Crippen LogP contribution in [0.2, 0.25) is 5.02 Å². The number of nitrogens with zero attached hydrogens (tertiary/aromatic N) is 5. The lowest BCUT2D eigenvalue weighted by atomic mass is 10.2. The first-order valence-electron chi connectivity index (χ1n) is 9.15. The summed E-state index contributed by atoms with van der Waals surface area (Å²) in [5, 5.41) is 0.635. The number of rotatable bonds is 3. The Bertz CT molecular complexity index is 787. The molecule has 4 rings (SSSR count). The molecule has 0 unspecified atom stereocenters. The van der Waals surface area contributed by atoms with Gasteiger partial charge in [0.05, 0.1) is 13.2 Å². The Hall–Kier alpha value is -2.38. The van der Waals surface area contributed by atoms with Crippen molar-refractivity contribution < 1.29 is 9.53 Å². The molecule has 1 amide bonds. The van der Waals surface area contributed by atoms with Crippen LogP contribution in [0.4, 0.5) is 11.6 Å². The fraction of sp³-hybridized carbons (Fsp3) is 0.421. The number of aromatic nitrogens is 2. The molecule has 0 saturated carbocycles. The Kier molecular flexibility index (Phi) is 5.40. The number of halogens is 1. The van der Waals surface area contributed by atoms with Crippen molar-refractivity contribution in [2.24, 2.45) is 0 Å². The smallest absolute Gasteiger partial charge is 0.253 e. The van der Waals surface area contributed by atoms with Crippen LogP contribution in [0, 0.1) is 0 Å². The van der Waals surface area contributed by atoms with E-state index < -0.39 is 0 Å². The SMILES string of the molecule is O=C(c1ccc(Cl)cc1)N1CCN(c2cc(N3CCOCC3)ncn2)CC1. The molecule has 7 nitrogen and oxygen atoms in total. The highest BCUT2D eigenvalue weighted by Gasteiger charge is 2.23. The molecular formula is C19H22ClN5O2. The van der Waals surface area contributed by atoms with Crippen molar-refractivity contribution in [3.8, 4) is 0 Å². The lowest BCUT2D eigenvalue weighted by molar-refractivity contribution is 0.0746. The number of carbonyl (C=O) groups excluding carboxylic acids is 1. The summed E-state index contributed by atoms with van der Waals surface area (Å²) in [5.74, 6) is 1.89. The zero-order valence-corrected chi connectivity index (χ0v) is 15.8. The molecule has 0 bridgehead atoms. The Morgan fingerprint density at radius 1 is 0.889 bits per heavy atom. The summed E-state index contributed by atoms with van der Waals surface area (Å²) in [4.78, 5) is 27.8. The van der Waals surface area contributed by atoms with Gasteiger partial charge in [-0.1, -0.05) is 11.6 Å². The van der Waals surface area contributed by atoms with Crippen LogP contribution >= 0.6 is 11.6 Å². The molecule has 2 saturated heterocycles. The molecule has 2 aliphatic rings. The predicted octanol–water partition coefficient (Wildman–Crippen LogP) is 1.93. The molecule has 0 spiro atoms. The number of piperazine rings is 1. The van der Waals surface area contributed by atoms with Gasteiger partial charge in [0.25, 0.3) is 5.91 Å². The van der Waals surface area contributed by atoms with Crippen molar-refractivity contribution >= 4 is 29.1 Å². The van der Waals surface area contributed by atoms with E-state index in [0.717, 1.165) is 51.0 Å². The van der Waals surface area contributed by atoms with Gasteiger partial charge in [-0.15, -0.1) is 0 Å². The normalized spacial score (nSPS) is 17.9. The van der Waals surface area contributed by atoms with E-state index in [1.165, 1.54) is 0 Å². The maximum atomic E-state index is 12.6. The second-order valence-electron chi connectivity index (χ2n) is 6.62. The largest absolute Gasteiger partial charge is 0.378 e. The number of ether oxygens (including phenoxy) is 1. The molecule has 142 valence electrons. The zero-order valence-electron chi connectivity index (χ0n) is 15.1. The average Bonchev–Trinajstić information content (AvgIpc) is 2.75. The van der Waals surface area contributed by atoms with Crippen molar-refractivity contribution in [1.29, 1.82) is 0 Å². The van der Waals surface area contributed by atoms with Gasteiger partial charge in [0.15, 0.2) is 0 Å². The Morgan fingerprint density at radius 3 is 2.11 bits per heavy atom. The predicted molar refractivity (Wildman–Crippen MR) is 105 cm³/mol. The fourth-order valence-electron chi connectivity index (χ4n) is 3.39. The number of amides is 1. The first-order chi connectivity index (χ1) is 13.2. The topological polar surface area (TPSA) is 61.8 Å². The molecule has 2 aliphatic heterocycles. The van der Waals surface area contributed by atoms with Crippen LogP contribution < -0.4 is 9.80 Å². The van der Waals surface area contributed by atoms with Gasteiger partial charge in [-0.2, -0.15) is 0 Å². The van der Waals surface area contributed by atoms with Crippen LogP contribution in [0.5, 0.6) is 0 Å². The average molecular weight is 388 g/mol. The van der Waals surface area contributed by atoms with Crippen LogP contribution in [0.15, 0.2) is 36.7 Å². The maximum absolute atomic E-state index is 12.6. The van der Waals surface area contributed by atoms with Crippen LogP contribution in [0.1, 0.15) is 10.4 Å². The van der Waals surface area contributed by atoms with Crippen molar-refractivity contribution in [3.05, 3.63) is 47.2 Å². The minimum Gasteiger partial charge on any atom is -0.378 e. The quantitative estimate of drug-likeness (QED) is 0.802. The minimum absolute atomic E-state index is 0.0445. The summed E-state index contributed by atoms with van der Waals surface area (Å²) in [6.45, 7) is 5.98. The number of morpholine rings is 1. The van der Waals surface area contributed by atoms with Gasteiger partial charge in [0, 0.05) is 55.9 Å². The lowest BCUT2D eigenvalue weighted by Gasteiger charge is -2.36. The summed E-state index contributed by atoms with van der Waals surface area (Å²) in [5.41, 5.74) is 0.671. The second kappa shape index (κ2) is 8.10. The van der Waals surface area contributed by atoms with Gasteiger partial charge in [-0.25, -0.2) is 9.97 Å². The van der Waals surface area contributed by atoms with Crippen molar-refractivity contribution in [1.82, 2.24) is 14.9 Å². The molecule has 1 aromatic carbocycles. The summed E-state index contributed by atoms with van der Waals surface area (Å²) in [6.07, 6.45) is 1.62. The first-order valence-corrected chi connectivity index (χ1v) is 9.53. The number of carbonyl (C=O) groups is 1. The molecule has 3 heterocycles. The second-order valence-corrected chi connectivity index (χ2v) is 7.06. The van der Waals surface area contributed by atoms with E-state index in [4.69, 9.17) is 16.3 Å². The molecule has 27 heavy (non-hydrogen) atoms. The van der Waals surface area contributed by atoms with Crippen molar-refractivity contribution in [3.63, 3.8) is 0 Å². The summed E-state index contributed by atoms with van der Waals surface area (Å²) in [7, 11) is 0. The fourth-order valence-corrected chi connectivity index (χ4v) is 3.52. The van der Waals surface area contributed by atoms with E-state index >= 15 is 0 Å². The highest BCUT2D eigenvalue weighted by Crippen LogP contribution is 2.20. The Morgan fingerprint density at radius 2 is 1.48 bits per heavy atom. The molecular weight excluding hydrogens is 366 g/mol. The molecule has 0 atom stereocenters. The van der Waals surface area contributed by atoms with Gasteiger partial charge in [0.1, 0.15) is 18.0 Å². The van der Waals surface area contributed by atoms with E-state index in [9.17, 15) is 4.79 Å². The summed E-state index contributed by atoms with van der Waals surface area (Å²) >= 11 is 5.90. The number of hydrogen-bond acceptors (Lipinski definition) is 6. The number of hydrogen-bond donors (Lipinski definition) is 0. The highest BCUT2D eigenvalue weighted by molar-refractivity contribution is 6.30. The Balaban J connectivity index is 1.39. The van der Waals surface area contributed by atoms with E-state index in [1.54, 1.807) is 30.6 Å². The standard InChI is InChI=1S/C19H22ClN5O2/c20-16-3-1-15(2-4-16)19(26)25-7-5-23(6-8-25)17-13-18(22-14-21-17)24-9-11-27-12-10-24/h1-4,13-14H,5-12H2. The summed E-state index contributed by atoms with van der Waals surface area (Å²) in [6, 6.07) is 9.08. The van der Waals surface area contributed by atoms with E-state index in [0.29, 0.717) is 23.7 Å². The summed E-state index contributed by atoms with van der Waals surface area (Å²) < 4.78 is 5.40. The van der Waals surface area contributed by atoms with Crippen molar-refractivity contribution in [2.75, 3.05) is 62.3 Å². The third-order valence-electron chi connectivity index (χ3n) is 4.96. The van der Waals surface area contributed by atoms with Crippen LogP contribution in [-0.2, 0) is 4.74 Å². The van der Waals surface area contributed by atoms with Gasteiger partial charge in [-0.3, -0.25) is 4.79 Å². The monoisotopic (exact) mass is 387 g/mol. The molecule has 2 aromatic rings. The first kappa shape index (κ1) is 18.0. The maximum Gasteiger partial charge on any atom is 0.253 e. The highest BCUT2D eigenvalue weighted by atomic mass is 35.5. The number of benzene rings is 1. The lowest BCUT2D eigenvalue weighted by Crippen LogP contribution is -2.49. The van der Waals surface area contributed by atoms with Crippen LogP contribution in [0.25, 0.3) is 0 Å². The van der Waals surface area contributed by atoms with E-state index in [2.05, 4.69) is 19.8 Å². The van der Waals surface area contributed by atoms with Crippen LogP contribution in [-0.4, -0.2) is 73.3 Å². The van der Waals surface area contributed by atoms with Crippen molar-refractivity contribution in [2.45, 2.75) is 0 Å². The van der Waals surface area contributed by atoms with Crippen LogP contribution in [0.3, 0.4) is 0 Å². The molecule has 1 aromatic heterocycles. The zero-order chi connectivity index (χ0) is 18.6. The molecule has 0 radical (unpaired) electrons. The van der Waals surface area contributed by atoms with E-state index in [1.807, 2.05) is 11.0 Å². The minimum atomic E-state index is 0.0445. The number of anilines is 2. The Labute approximate surface area is 163 Å². The van der Waals surface area contributed by atoms with Gasteiger partial charge in [-0.05, 0) is 24.3 Å². The van der Waals surface area contributed by atoms with Gasteiger partial charge < -0.3 is 19.4 Å². The molecule has 8 heteroatoms. The van der Waals surface area contributed by atoms with E-state index in [-0.39, 0.29) is 5.91 Å². The third kappa shape index (κ3) is 4.14.